The van der Waals surface area contributed by atoms with Gasteiger partial charge in [-0.3, -0.25) is 14.7 Å². The van der Waals surface area contributed by atoms with Crippen LogP contribution in [0.3, 0.4) is 0 Å². The van der Waals surface area contributed by atoms with Crippen molar-refractivity contribution in [1.82, 2.24) is 9.97 Å². The van der Waals surface area contributed by atoms with Crippen LogP contribution in [0.15, 0.2) is 42.6 Å². The van der Waals surface area contributed by atoms with Crippen molar-refractivity contribution in [3.63, 3.8) is 0 Å². The molecule has 0 bridgehead atoms. The molecule has 1 aliphatic heterocycles. The number of hydrogen-bond donors (Lipinski definition) is 0. The monoisotopic (exact) mass is 353 g/mol. The number of fused-ring (bicyclic) bond motifs is 1. The highest BCUT2D eigenvalue weighted by Gasteiger charge is 2.27. The van der Waals surface area contributed by atoms with Crippen LogP contribution in [0.4, 0.5) is 5.13 Å². The number of hydrogen-bond acceptors (Lipinski definition) is 5. The zero-order valence-corrected chi connectivity index (χ0v) is 14.8. The Bertz CT molecular complexity index is 852. The SMILES string of the molecule is Cc1ccc(C(=O)N(C[C@@H]2CCCO2)c2nc3ccccc3s2)cn1. The number of aryl methyl sites for hydroxylation is 1. The zero-order chi connectivity index (χ0) is 17.2. The van der Waals surface area contributed by atoms with E-state index < -0.39 is 0 Å². The highest BCUT2D eigenvalue weighted by molar-refractivity contribution is 7.22. The second-order valence-electron chi connectivity index (χ2n) is 6.20. The molecule has 0 N–H and O–H groups in total. The first-order chi connectivity index (χ1) is 12.2. The average Bonchev–Trinajstić information content (AvgIpc) is 3.29. The van der Waals surface area contributed by atoms with E-state index in [1.165, 1.54) is 11.3 Å². The highest BCUT2D eigenvalue weighted by atomic mass is 32.1. The Morgan fingerprint density at radius 2 is 2.20 bits per heavy atom. The van der Waals surface area contributed by atoms with Gasteiger partial charge in [0.05, 0.1) is 28.4 Å². The summed E-state index contributed by atoms with van der Waals surface area (Å²) < 4.78 is 6.83. The number of rotatable bonds is 4. The first kappa shape index (κ1) is 16.2. The van der Waals surface area contributed by atoms with E-state index in [-0.39, 0.29) is 12.0 Å². The van der Waals surface area contributed by atoms with Crippen molar-refractivity contribution < 1.29 is 9.53 Å². The lowest BCUT2D eigenvalue weighted by Gasteiger charge is -2.23. The van der Waals surface area contributed by atoms with E-state index in [9.17, 15) is 4.79 Å². The third kappa shape index (κ3) is 3.41. The second kappa shape index (κ2) is 6.90. The number of carbonyl (C=O) groups is 1. The van der Waals surface area contributed by atoms with E-state index in [1.807, 2.05) is 43.3 Å². The van der Waals surface area contributed by atoms with E-state index in [0.29, 0.717) is 17.2 Å². The van der Waals surface area contributed by atoms with Crippen LogP contribution < -0.4 is 4.90 Å². The molecule has 2 aromatic heterocycles. The summed E-state index contributed by atoms with van der Waals surface area (Å²) in [6, 6.07) is 11.6. The topological polar surface area (TPSA) is 55.3 Å². The van der Waals surface area contributed by atoms with Crippen molar-refractivity contribution >= 4 is 32.6 Å². The molecule has 3 heterocycles. The molecule has 0 aliphatic carbocycles. The van der Waals surface area contributed by atoms with Crippen molar-refractivity contribution in [2.75, 3.05) is 18.1 Å². The van der Waals surface area contributed by atoms with Gasteiger partial charge in [-0.1, -0.05) is 23.5 Å². The first-order valence-electron chi connectivity index (χ1n) is 8.42. The third-order valence-corrected chi connectivity index (χ3v) is 5.39. The minimum atomic E-state index is -0.0814. The van der Waals surface area contributed by atoms with E-state index in [4.69, 9.17) is 4.74 Å². The fourth-order valence-corrected chi connectivity index (χ4v) is 3.94. The Hall–Kier alpha value is -2.31. The average molecular weight is 353 g/mol. The lowest BCUT2D eigenvalue weighted by Crippen LogP contribution is -2.37. The number of carbonyl (C=O) groups excluding carboxylic acids is 1. The van der Waals surface area contributed by atoms with Crippen molar-refractivity contribution in [1.29, 1.82) is 0 Å². The van der Waals surface area contributed by atoms with Gasteiger partial charge in [-0.15, -0.1) is 0 Å². The fourth-order valence-electron chi connectivity index (χ4n) is 2.97. The number of thiazole rings is 1. The molecule has 4 rings (SSSR count). The molecule has 1 aliphatic rings. The zero-order valence-electron chi connectivity index (χ0n) is 14.0. The van der Waals surface area contributed by atoms with Gasteiger partial charge in [0.1, 0.15) is 0 Å². The Labute approximate surface area is 150 Å². The number of benzene rings is 1. The maximum absolute atomic E-state index is 13.1. The van der Waals surface area contributed by atoms with Gasteiger partial charge in [0, 0.05) is 18.5 Å². The van der Waals surface area contributed by atoms with Crippen molar-refractivity contribution in [2.45, 2.75) is 25.9 Å². The Kier molecular flexibility index (Phi) is 4.46. The Morgan fingerprint density at radius 3 is 2.92 bits per heavy atom. The Balaban J connectivity index is 1.69. The molecular formula is C19H19N3O2S. The Morgan fingerprint density at radius 1 is 1.32 bits per heavy atom. The molecule has 0 spiro atoms. The number of anilines is 1. The molecule has 1 atom stereocenters. The molecule has 25 heavy (non-hydrogen) atoms. The standard InChI is InChI=1S/C19H19N3O2S/c1-13-8-9-14(11-20-13)18(23)22(12-15-5-4-10-24-15)19-21-16-6-2-3-7-17(16)25-19/h2-3,6-9,11,15H,4-5,10,12H2,1H3/t15-/m0/s1. The lowest BCUT2D eigenvalue weighted by molar-refractivity contribution is 0.0917. The molecule has 3 aromatic rings. The first-order valence-corrected chi connectivity index (χ1v) is 9.24. The molecule has 1 saturated heterocycles. The molecule has 128 valence electrons. The predicted octanol–water partition coefficient (Wildman–Crippen LogP) is 3.83. The van der Waals surface area contributed by atoms with Crippen LogP contribution in [0.5, 0.6) is 0 Å². The largest absolute Gasteiger partial charge is 0.376 e. The van der Waals surface area contributed by atoms with Crippen LogP contribution in [0, 0.1) is 6.92 Å². The lowest BCUT2D eigenvalue weighted by atomic mass is 10.2. The van der Waals surface area contributed by atoms with Crippen LogP contribution >= 0.6 is 11.3 Å². The molecule has 1 aromatic carbocycles. The summed E-state index contributed by atoms with van der Waals surface area (Å²) in [4.78, 5) is 23.8. The number of pyridine rings is 1. The number of amides is 1. The summed E-state index contributed by atoms with van der Waals surface area (Å²) in [6.45, 7) is 3.19. The maximum Gasteiger partial charge on any atom is 0.261 e. The van der Waals surface area contributed by atoms with Crippen LogP contribution in [-0.2, 0) is 4.74 Å². The van der Waals surface area contributed by atoms with Gasteiger partial charge in [0.2, 0.25) is 0 Å². The smallest absolute Gasteiger partial charge is 0.261 e. The van der Waals surface area contributed by atoms with Gasteiger partial charge in [-0.2, -0.15) is 0 Å². The van der Waals surface area contributed by atoms with Crippen molar-refractivity contribution in [2.24, 2.45) is 0 Å². The van der Waals surface area contributed by atoms with E-state index in [1.54, 1.807) is 11.1 Å². The van der Waals surface area contributed by atoms with E-state index in [0.717, 1.165) is 35.4 Å². The number of ether oxygens (including phenoxy) is 1. The molecule has 1 amide bonds. The molecule has 6 heteroatoms. The fraction of sp³-hybridized carbons (Fsp3) is 0.316. The van der Waals surface area contributed by atoms with Crippen LogP contribution in [0.2, 0.25) is 0 Å². The van der Waals surface area contributed by atoms with Crippen LogP contribution in [-0.4, -0.2) is 35.1 Å². The maximum atomic E-state index is 13.1. The second-order valence-corrected chi connectivity index (χ2v) is 7.21. The molecule has 0 radical (unpaired) electrons. The summed E-state index contributed by atoms with van der Waals surface area (Å²) >= 11 is 1.53. The van der Waals surface area contributed by atoms with Gasteiger partial charge < -0.3 is 4.74 Å². The summed E-state index contributed by atoms with van der Waals surface area (Å²) in [5.74, 6) is -0.0814. The summed E-state index contributed by atoms with van der Waals surface area (Å²) in [6.07, 6.45) is 3.71. The molecule has 0 unspecified atom stereocenters. The minimum Gasteiger partial charge on any atom is -0.376 e. The summed E-state index contributed by atoms with van der Waals surface area (Å²) in [5.41, 5.74) is 2.37. The molecule has 0 saturated carbocycles. The van der Waals surface area contributed by atoms with Crippen LogP contribution in [0.25, 0.3) is 10.2 Å². The summed E-state index contributed by atoms with van der Waals surface area (Å²) in [7, 11) is 0. The van der Waals surface area contributed by atoms with Gasteiger partial charge in [-0.05, 0) is 44.0 Å². The quantitative estimate of drug-likeness (QED) is 0.715. The van der Waals surface area contributed by atoms with Crippen molar-refractivity contribution in [3.05, 3.63) is 53.9 Å². The molecule has 1 fully saturated rings. The number of nitrogens with zero attached hydrogens (tertiary/aromatic N) is 3. The van der Waals surface area contributed by atoms with Gasteiger partial charge in [0.15, 0.2) is 5.13 Å². The highest BCUT2D eigenvalue weighted by Crippen LogP contribution is 2.30. The summed E-state index contributed by atoms with van der Waals surface area (Å²) in [5, 5.41) is 0.710. The van der Waals surface area contributed by atoms with Gasteiger partial charge >= 0.3 is 0 Å². The normalized spacial score (nSPS) is 17.1. The van der Waals surface area contributed by atoms with E-state index >= 15 is 0 Å². The molecule has 5 nitrogen and oxygen atoms in total. The van der Waals surface area contributed by atoms with Crippen LogP contribution in [0.1, 0.15) is 28.9 Å². The van der Waals surface area contributed by atoms with Gasteiger partial charge in [0.25, 0.3) is 5.91 Å². The van der Waals surface area contributed by atoms with Crippen molar-refractivity contribution in [3.8, 4) is 0 Å². The number of para-hydroxylation sites is 1. The number of aromatic nitrogens is 2. The van der Waals surface area contributed by atoms with Gasteiger partial charge in [-0.25, -0.2) is 4.98 Å². The van der Waals surface area contributed by atoms with E-state index in [2.05, 4.69) is 9.97 Å². The minimum absolute atomic E-state index is 0.0642. The third-order valence-electron chi connectivity index (χ3n) is 4.33. The predicted molar refractivity (Wildman–Crippen MR) is 99.2 cm³/mol. The molecular weight excluding hydrogens is 334 g/mol.